The minimum Gasteiger partial charge on any atom is -0.462 e. The van der Waals surface area contributed by atoms with E-state index in [0.717, 1.165) is 0 Å². The van der Waals surface area contributed by atoms with Gasteiger partial charge in [-0.15, -0.1) is 11.8 Å². The van der Waals surface area contributed by atoms with Gasteiger partial charge in [-0.2, -0.15) is 0 Å². The molecule has 0 bridgehead atoms. The molecule has 1 aromatic rings. The van der Waals surface area contributed by atoms with Crippen molar-refractivity contribution in [3.8, 4) is 0 Å². The first kappa shape index (κ1) is 21.5. The lowest BCUT2D eigenvalue weighted by Gasteiger charge is -2.07. The molecule has 1 fully saturated rings. The third-order valence-electron chi connectivity index (χ3n) is 4.19. The van der Waals surface area contributed by atoms with Crippen molar-refractivity contribution < 1.29 is 32.3 Å². The fraction of sp³-hybridized carbons (Fsp3) is 0.588. The molecule has 0 spiro atoms. The number of nitrogens with one attached hydrogen (secondary N) is 1. The first-order chi connectivity index (χ1) is 12.6. The van der Waals surface area contributed by atoms with Crippen LogP contribution in [0, 0.1) is 13.8 Å². The third kappa shape index (κ3) is 5.58. The predicted octanol–water partition coefficient (Wildman–Crippen LogP) is 1.45. The average molecular weight is 418 g/mol. The Morgan fingerprint density at radius 2 is 1.93 bits per heavy atom. The Morgan fingerprint density at radius 1 is 1.22 bits per heavy atom. The van der Waals surface area contributed by atoms with Crippen molar-refractivity contribution in [1.82, 2.24) is 4.98 Å². The Kier molecular flexibility index (Phi) is 7.10. The lowest BCUT2D eigenvalue weighted by molar-refractivity contribution is -0.139. The van der Waals surface area contributed by atoms with E-state index in [1.54, 1.807) is 20.8 Å². The summed E-state index contributed by atoms with van der Waals surface area (Å²) in [6.45, 7) is 4.75. The topological polar surface area (TPSA) is 120 Å². The van der Waals surface area contributed by atoms with Crippen molar-refractivity contribution in [2.75, 3.05) is 30.5 Å². The van der Waals surface area contributed by atoms with Crippen molar-refractivity contribution in [2.45, 2.75) is 32.4 Å². The molecule has 10 heteroatoms. The van der Waals surface area contributed by atoms with Gasteiger partial charge in [0.05, 0.1) is 35.1 Å². The number of rotatable bonds is 8. The number of aromatic amines is 1. The fourth-order valence-corrected chi connectivity index (χ4v) is 6.32. The Morgan fingerprint density at radius 3 is 2.52 bits per heavy atom. The first-order valence-corrected chi connectivity index (χ1v) is 11.4. The Hall–Kier alpha value is -1.81. The third-order valence-corrected chi connectivity index (χ3v) is 7.44. The van der Waals surface area contributed by atoms with Gasteiger partial charge in [0.15, 0.2) is 16.4 Å². The lowest BCUT2D eigenvalue weighted by atomic mass is 10.1. The SMILES string of the molecule is CCOC(=O)c1c(C)[nH]c(C(=O)COC(=O)CS[C@H]2CCS(=O)(=O)C2)c1C. The summed E-state index contributed by atoms with van der Waals surface area (Å²) in [6, 6.07) is 0. The van der Waals surface area contributed by atoms with E-state index in [0.29, 0.717) is 23.2 Å². The number of carbonyl (C=O) groups is 3. The smallest absolute Gasteiger partial charge is 0.340 e. The van der Waals surface area contributed by atoms with Crippen LogP contribution < -0.4 is 0 Å². The zero-order chi connectivity index (χ0) is 20.2. The maximum Gasteiger partial charge on any atom is 0.340 e. The zero-order valence-electron chi connectivity index (χ0n) is 15.5. The average Bonchev–Trinajstić information content (AvgIpc) is 3.09. The molecule has 27 heavy (non-hydrogen) atoms. The van der Waals surface area contributed by atoms with Crippen LogP contribution in [0.25, 0.3) is 0 Å². The van der Waals surface area contributed by atoms with Gasteiger partial charge in [0.2, 0.25) is 5.78 Å². The summed E-state index contributed by atoms with van der Waals surface area (Å²) in [5.41, 5.74) is 1.48. The van der Waals surface area contributed by atoms with Gasteiger partial charge in [0, 0.05) is 10.9 Å². The highest BCUT2D eigenvalue weighted by Gasteiger charge is 2.29. The molecule has 0 saturated carbocycles. The van der Waals surface area contributed by atoms with E-state index in [2.05, 4.69) is 4.98 Å². The van der Waals surface area contributed by atoms with Crippen LogP contribution in [0.3, 0.4) is 0 Å². The van der Waals surface area contributed by atoms with Crippen LogP contribution in [0.2, 0.25) is 0 Å². The number of thioether (sulfide) groups is 1. The highest BCUT2D eigenvalue weighted by atomic mass is 32.2. The Labute approximate surface area is 162 Å². The molecule has 1 saturated heterocycles. The molecule has 150 valence electrons. The normalized spacial score (nSPS) is 18.3. The second-order valence-corrected chi connectivity index (χ2v) is 9.78. The maximum atomic E-state index is 12.3. The van der Waals surface area contributed by atoms with Gasteiger partial charge in [-0.1, -0.05) is 0 Å². The summed E-state index contributed by atoms with van der Waals surface area (Å²) in [4.78, 5) is 38.9. The van der Waals surface area contributed by atoms with Crippen LogP contribution in [-0.4, -0.2) is 66.8 Å². The van der Waals surface area contributed by atoms with Crippen molar-refractivity contribution in [2.24, 2.45) is 0 Å². The van der Waals surface area contributed by atoms with Crippen molar-refractivity contribution >= 4 is 39.3 Å². The number of carbonyl (C=O) groups excluding carboxylic acids is 3. The monoisotopic (exact) mass is 417 g/mol. The number of sulfone groups is 1. The van der Waals surface area contributed by atoms with Crippen LogP contribution in [0.5, 0.6) is 0 Å². The molecule has 2 rings (SSSR count). The van der Waals surface area contributed by atoms with Gasteiger partial charge < -0.3 is 14.5 Å². The zero-order valence-corrected chi connectivity index (χ0v) is 17.1. The summed E-state index contributed by atoms with van der Waals surface area (Å²) >= 11 is 1.23. The molecule has 1 aliphatic rings. The molecule has 1 aromatic heterocycles. The number of esters is 2. The summed E-state index contributed by atoms with van der Waals surface area (Å²) < 4.78 is 32.8. The summed E-state index contributed by atoms with van der Waals surface area (Å²) in [6.07, 6.45) is 0.525. The van der Waals surface area contributed by atoms with E-state index >= 15 is 0 Å². The molecule has 0 aromatic carbocycles. The molecule has 1 aliphatic heterocycles. The molecule has 2 heterocycles. The molecule has 0 amide bonds. The second-order valence-electron chi connectivity index (χ2n) is 6.27. The minimum absolute atomic E-state index is 0.00964. The Balaban J connectivity index is 1.87. The quantitative estimate of drug-likeness (QED) is 0.499. The first-order valence-electron chi connectivity index (χ1n) is 8.51. The molecule has 1 atom stereocenters. The number of ether oxygens (including phenoxy) is 2. The highest BCUT2D eigenvalue weighted by Crippen LogP contribution is 2.24. The Bertz CT molecular complexity index is 842. The van der Waals surface area contributed by atoms with Crippen molar-refractivity contribution in [3.63, 3.8) is 0 Å². The van der Waals surface area contributed by atoms with Crippen LogP contribution in [0.15, 0.2) is 0 Å². The van der Waals surface area contributed by atoms with Crippen LogP contribution >= 0.6 is 11.8 Å². The molecular weight excluding hydrogens is 394 g/mol. The van der Waals surface area contributed by atoms with Gasteiger partial charge in [0.1, 0.15) is 0 Å². The number of Topliss-reactive ketones (excluding diaryl/α,β-unsaturated/α-hetero) is 1. The lowest BCUT2D eigenvalue weighted by Crippen LogP contribution is -2.18. The number of H-pyrrole nitrogens is 1. The van der Waals surface area contributed by atoms with Crippen LogP contribution in [0.4, 0.5) is 0 Å². The van der Waals surface area contributed by atoms with Crippen LogP contribution in [-0.2, 0) is 24.1 Å². The van der Waals surface area contributed by atoms with Crippen molar-refractivity contribution in [1.29, 1.82) is 0 Å². The number of hydrogen-bond acceptors (Lipinski definition) is 8. The van der Waals surface area contributed by atoms with Gasteiger partial charge in [-0.25, -0.2) is 13.2 Å². The van der Waals surface area contributed by atoms with E-state index < -0.39 is 34.2 Å². The van der Waals surface area contributed by atoms with Crippen molar-refractivity contribution in [3.05, 3.63) is 22.5 Å². The molecule has 1 N–H and O–H groups in total. The molecule has 8 nitrogen and oxygen atoms in total. The molecular formula is C17H23NO7S2. The molecule has 0 unspecified atom stereocenters. The van der Waals surface area contributed by atoms with E-state index in [1.807, 2.05) is 0 Å². The van der Waals surface area contributed by atoms with E-state index in [-0.39, 0.29) is 34.8 Å². The minimum atomic E-state index is -2.99. The highest BCUT2D eigenvalue weighted by molar-refractivity contribution is 8.02. The summed E-state index contributed by atoms with van der Waals surface area (Å²) in [5.74, 6) is -1.34. The second kappa shape index (κ2) is 8.92. The van der Waals surface area contributed by atoms with E-state index in [1.165, 1.54) is 11.8 Å². The number of aryl methyl sites for hydroxylation is 1. The van der Waals surface area contributed by atoms with Gasteiger partial charge in [-0.3, -0.25) is 9.59 Å². The largest absolute Gasteiger partial charge is 0.462 e. The number of ketones is 1. The summed E-state index contributed by atoms with van der Waals surface area (Å²) in [7, 11) is -2.99. The van der Waals surface area contributed by atoms with Gasteiger partial charge in [-0.05, 0) is 32.8 Å². The standard InChI is InChI=1S/C17H23NO7S2/c1-4-24-17(21)15-10(2)16(18-11(15)3)13(19)7-25-14(20)8-26-12-5-6-27(22,23)9-12/h12,18H,4-9H2,1-3H3/t12-/m0/s1. The van der Waals surface area contributed by atoms with E-state index in [4.69, 9.17) is 9.47 Å². The molecule has 0 aliphatic carbocycles. The fourth-order valence-electron chi connectivity index (χ4n) is 2.88. The number of aromatic nitrogens is 1. The van der Waals surface area contributed by atoms with Crippen LogP contribution in [0.1, 0.15) is 45.4 Å². The van der Waals surface area contributed by atoms with Gasteiger partial charge in [0.25, 0.3) is 0 Å². The van der Waals surface area contributed by atoms with Gasteiger partial charge >= 0.3 is 11.9 Å². The molecule has 0 radical (unpaired) electrons. The predicted molar refractivity (Wildman–Crippen MR) is 101 cm³/mol. The number of hydrogen-bond donors (Lipinski definition) is 1. The van der Waals surface area contributed by atoms with E-state index in [9.17, 15) is 22.8 Å². The summed E-state index contributed by atoms with van der Waals surface area (Å²) in [5, 5.41) is -0.112. The maximum absolute atomic E-state index is 12.3.